The summed E-state index contributed by atoms with van der Waals surface area (Å²) in [5.74, 6) is 0.333. The summed E-state index contributed by atoms with van der Waals surface area (Å²) >= 11 is 1.72. The highest BCUT2D eigenvalue weighted by atomic mass is 32.1. The summed E-state index contributed by atoms with van der Waals surface area (Å²) in [4.78, 5) is 1.25. The van der Waals surface area contributed by atoms with Crippen LogP contribution in [0, 0.1) is 0 Å². The van der Waals surface area contributed by atoms with Crippen molar-refractivity contribution < 1.29 is 5.11 Å². The van der Waals surface area contributed by atoms with Crippen LogP contribution >= 0.6 is 11.3 Å². The first-order valence-electron chi connectivity index (χ1n) is 6.58. The van der Waals surface area contributed by atoms with Crippen LogP contribution in [-0.4, -0.2) is 5.11 Å². The largest absolute Gasteiger partial charge is 0.508 e. The maximum absolute atomic E-state index is 9.51. The predicted octanol–water partition coefficient (Wildman–Crippen LogP) is 5.23. The molecule has 0 bridgehead atoms. The van der Waals surface area contributed by atoms with Crippen molar-refractivity contribution in [2.75, 3.05) is 0 Å². The van der Waals surface area contributed by atoms with Crippen LogP contribution in [0.3, 0.4) is 0 Å². The molecular weight excluding hydrogens is 252 g/mol. The molecule has 0 aliphatic carbocycles. The minimum Gasteiger partial charge on any atom is -0.508 e. The van der Waals surface area contributed by atoms with Gasteiger partial charge in [0.2, 0.25) is 0 Å². The van der Waals surface area contributed by atoms with Crippen LogP contribution in [0.5, 0.6) is 5.75 Å². The number of hydrogen-bond donors (Lipinski definition) is 1. The molecule has 0 spiro atoms. The van der Waals surface area contributed by atoms with E-state index in [0.29, 0.717) is 5.75 Å². The fourth-order valence-electron chi connectivity index (χ4n) is 2.29. The standard InChI is InChI=1S/C17H16OS/c1-2-3-12-4-6-13(7-5-12)16-10-14-8-9-15(18)11-17(14)19-16/h4-11,18H,2-3H2,1H3. The van der Waals surface area contributed by atoms with Gasteiger partial charge in [0.15, 0.2) is 0 Å². The van der Waals surface area contributed by atoms with Gasteiger partial charge >= 0.3 is 0 Å². The zero-order valence-corrected chi connectivity index (χ0v) is 11.7. The average molecular weight is 268 g/mol. The topological polar surface area (TPSA) is 20.2 Å². The van der Waals surface area contributed by atoms with E-state index in [1.54, 1.807) is 17.4 Å². The van der Waals surface area contributed by atoms with Gasteiger partial charge in [0.1, 0.15) is 5.75 Å². The van der Waals surface area contributed by atoms with Crippen molar-refractivity contribution in [1.29, 1.82) is 0 Å². The molecule has 0 unspecified atom stereocenters. The number of fused-ring (bicyclic) bond motifs is 1. The van der Waals surface area contributed by atoms with Gasteiger partial charge in [-0.15, -0.1) is 11.3 Å². The molecule has 2 aromatic carbocycles. The Morgan fingerprint density at radius 2 is 1.79 bits per heavy atom. The quantitative estimate of drug-likeness (QED) is 0.690. The van der Waals surface area contributed by atoms with E-state index in [9.17, 15) is 5.11 Å². The van der Waals surface area contributed by atoms with Crippen molar-refractivity contribution in [1.82, 2.24) is 0 Å². The Hall–Kier alpha value is -1.80. The monoisotopic (exact) mass is 268 g/mol. The van der Waals surface area contributed by atoms with Crippen molar-refractivity contribution in [3.05, 3.63) is 54.1 Å². The minimum atomic E-state index is 0.333. The van der Waals surface area contributed by atoms with E-state index in [0.717, 1.165) is 11.1 Å². The second-order valence-electron chi connectivity index (χ2n) is 4.78. The van der Waals surface area contributed by atoms with E-state index < -0.39 is 0 Å². The van der Waals surface area contributed by atoms with Gasteiger partial charge in [-0.3, -0.25) is 0 Å². The van der Waals surface area contributed by atoms with Crippen molar-refractivity contribution in [3.63, 3.8) is 0 Å². The Bertz CT molecular complexity index is 695. The average Bonchev–Trinajstić information content (AvgIpc) is 2.83. The van der Waals surface area contributed by atoms with E-state index in [1.807, 2.05) is 12.1 Å². The normalized spacial score (nSPS) is 11.0. The predicted molar refractivity (Wildman–Crippen MR) is 82.9 cm³/mol. The third-order valence-corrected chi connectivity index (χ3v) is 4.43. The van der Waals surface area contributed by atoms with Crippen LogP contribution in [0.2, 0.25) is 0 Å². The number of aromatic hydroxyl groups is 1. The zero-order chi connectivity index (χ0) is 13.2. The lowest BCUT2D eigenvalue weighted by atomic mass is 10.1. The molecule has 0 amide bonds. The number of benzene rings is 2. The molecule has 0 fully saturated rings. The Morgan fingerprint density at radius 1 is 1.00 bits per heavy atom. The highest BCUT2D eigenvalue weighted by Crippen LogP contribution is 2.35. The Kier molecular flexibility index (Phi) is 3.26. The van der Waals surface area contributed by atoms with Crippen LogP contribution in [0.4, 0.5) is 0 Å². The molecule has 0 saturated carbocycles. The summed E-state index contributed by atoms with van der Waals surface area (Å²) in [5.41, 5.74) is 2.64. The van der Waals surface area contributed by atoms with E-state index in [1.165, 1.54) is 27.8 Å². The van der Waals surface area contributed by atoms with Crippen molar-refractivity contribution in [3.8, 4) is 16.2 Å². The summed E-state index contributed by atoms with van der Waals surface area (Å²) in [6.07, 6.45) is 2.32. The molecule has 0 aliphatic heterocycles. The van der Waals surface area contributed by atoms with Gasteiger partial charge in [-0.05, 0) is 47.2 Å². The van der Waals surface area contributed by atoms with Gasteiger partial charge in [-0.2, -0.15) is 0 Å². The molecular formula is C17H16OS. The number of aryl methyl sites for hydroxylation is 1. The number of hydrogen-bond acceptors (Lipinski definition) is 2. The Labute approximate surface area is 117 Å². The van der Waals surface area contributed by atoms with E-state index in [2.05, 4.69) is 37.3 Å². The zero-order valence-electron chi connectivity index (χ0n) is 10.9. The molecule has 0 aliphatic rings. The van der Waals surface area contributed by atoms with Crippen LogP contribution in [0.15, 0.2) is 48.5 Å². The smallest absolute Gasteiger partial charge is 0.117 e. The van der Waals surface area contributed by atoms with Crippen LogP contribution in [0.1, 0.15) is 18.9 Å². The molecule has 3 rings (SSSR count). The number of phenolic OH excluding ortho intramolecular Hbond substituents is 1. The van der Waals surface area contributed by atoms with Crippen molar-refractivity contribution in [2.24, 2.45) is 0 Å². The summed E-state index contributed by atoms with van der Waals surface area (Å²) in [7, 11) is 0. The second kappa shape index (κ2) is 5.06. The van der Waals surface area contributed by atoms with Gasteiger partial charge < -0.3 is 5.11 Å². The third kappa shape index (κ3) is 2.49. The first-order chi connectivity index (χ1) is 9.26. The Balaban J connectivity index is 1.99. The van der Waals surface area contributed by atoms with Crippen LogP contribution in [-0.2, 0) is 6.42 Å². The molecule has 2 heteroatoms. The van der Waals surface area contributed by atoms with E-state index >= 15 is 0 Å². The third-order valence-electron chi connectivity index (χ3n) is 3.28. The summed E-state index contributed by atoms with van der Waals surface area (Å²) in [6, 6.07) is 16.5. The summed E-state index contributed by atoms with van der Waals surface area (Å²) in [5, 5.41) is 10.7. The summed E-state index contributed by atoms with van der Waals surface area (Å²) < 4.78 is 1.13. The van der Waals surface area contributed by atoms with E-state index in [-0.39, 0.29) is 0 Å². The first-order valence-corrected chi connectivity index (χ1v) is 7.40. The fourth-order valence-corrected chi connectivity index (χ4v) is 3.39. The molecule has 0 saturated heterocycles. The lowest BCUT2D eigenvalue weighted by Crippen LogP contribution is -1.81. The van der Waals surface area contributed by atoms with Crippen molar-refractivity contribution in [2.45, 2.75) is 19.8 Å². The van der Waals surface area contributed by atoms with Gasteiger partial charge in [-0.25, -0.2) is 0 Å². The minimum absolute atomic E-state index is 0.333. The van der Waals surface area contributed by atoms with Gasteiger partial charge in [0.05, 0.1) is 0 Å². The maximum Gasteiger partial charge on any atom is 0.117 e. The number of thiophene rings is 1. The highest BCUT2D eigenvalue weighted by molar-refractivity contribution is 7.22. The molecule has 3 aromatic rings. The van der Waals surface area contributed by atoms with Gasteiger partial charge in [-0.1, -0.05) is 37.6 Å². The number of rotatable bonds is 3. The van der Waals surface area contributed by atoms with Crippen LogP contribution < -0.4 is 0 Å². The molecule has 19 heavy (non-hydrogen) atoms. The lowest BCUT2D eigenvalue weighted by Gasteiger charge is -2.00. The maximum atomic E-state index is 9.51. The van der Waals surface area contributed by atoms with Gasteiger partial charge in [0, 0.05) is 9.58 Å². The van der Waals surface area contributed by atoms with Crippen LogP contribution in [0.25, 0.3) is 20.5 Å². The second-order valence-corrected chi connectivity index (χ2v) is 5.86. The summed E-state index contributed by atoms with van der Waals surface area (Å²) in [6.45, 7) is 2.20. The Morgan fingerprint density at radius 3 is 2.53 bits per heavy atom. The first kappa shape index (κ1) is 12.2. The lowest BCUT2D eigenvalue weighted by molar-refractivity contribution is 0.476. The SMILES string of the molecule is CCCc1ccc(-c2cc3ccc(O)cc3s2)cc1. The van der Waals surface area contributed by atoms with Crippen molar-refractivity contribution >= 4 is 21.4 Å². The molecule has 0 atom stereocenters. The molecule has 0 radical (unpaired) electrons. The molecule has 1 N–H and O–H groups in total. The molecule has 1 nitrogen and oxygen atoms in total. The highest BCUT2D eigenvalue weighted by Gasteiger charge is 2.05. The fraction of sp³-hybridized carbons (Fsp3) is 0.176. The van der Waals surface area contributed by atoms with Gasteiger partial charge in [0.25, 0.3) is 0 Å². The number of phenols is 1. The molecule has 1 aromatic heterocycles. The molecule has 96 valence electrons. The molecule has 1 heterocycles. The van der Waals surface area contributed by atoms with E-state index in [4.69, 9.17) is 0 Å².